The summed E-state index contributed by atoms with van der Waals surface area (Å²) in [5.41, 5.74) is 4.70. The second-order valence-corrected chi connectivity index (χ2v) is 5.84. The second-order valence-electron chi connectivity index (χ2n) is 4.99. The Morgan fingerprint density at radius 3 is 2.76 bits per heavy atom. The zero-order chi connectivity index (χ0) is 17.6. The molecule has 7 heteroatoms. The monoisotopic (exact) mass is 359 g/mol. The summed E-state index contributed by atoms with van der Waals surface area (Å²) < 4.78 is 32.7. The molecule has 1 aromatic heterocycles. The molecule has 0 spiro atoms. The van der Waals surface area contributed by atoms with Gasteiger partial charge in [0.15, 0.2) is 17.4 Å². The molecule has 0 atom stereocenters. The van der Waals surface area contributed by atoms with E-state index in [1.165, 1.54) is 23.6 Å². The van der Waals surface area contributed by atoms with Gasteiger partial charge in [-0.3, -0.25) is 5.43 Å². The molecule has 0 bridgehead atoms. The first-order valence-electron chi connectivity index (χ1n) is 7.60. The molecule has 3 aromatic rings. The predicted molar refractivity (Wildman–Crippen MR) is 96.3 cm³/mol. The highest BCUT2D eigenvalue weighted by molar-refractivity contribution is 7.14. The molecule has 0 aliphatic carbocycles. The molecule has 1 N–H and O–H groups in total. The minimum atomic E-state index is -0.781. The SMILES string of the molecule is CCOc1c(F)ccc(C=NNc2nc(-c3ccccc3)cs2)c1F. The van der Waals surface area contributed by atoms with Crippen LogP contribution in [0.2, 0.25) is 0 Å². The fraction of sp³-hybridized carbons (Fsp3) is 0.111. The third kappa shape index (κ3) is 4.00. The first-order valence-corrected chi connectivity index (χ1v) is 8.48. The summed E-state index contributed by atoms with van der Waals surface area (Å²) in [6.07, 6.45) is 1.26. The molecule has 0 aliphatic rings. The van der Waals surface area contributed by atoms with Crippen LogP contribution in [0.5, 0.6) is 5.75 Å². The van der Waals surface area contributed by atoms with Crippen molar-refractivity contribution in [2.45, 2.75) is 6.92 Å². The van der Waals surface area contributed by atoms with Crippen molar-refractivity contribution in [3.63, 3.8) is 0 Å². The molecule has 0 saturated carbocycles. The van der Waals surface area contributed by atoms with E-state index < -0.39 is 17.4 Å². The number of benzene rings is 2. The van der Waals surface area contributed by atoms with Crippen LogP contribution in [0.4, 0.5) is 13.9 Å². The van der Waals surface area contributed by atoms with Gasteiger partial charge in [0.25, 0.3) is 0 Å². The lowest BCUT2D eigenvalue weighted by Gasteiger charge is -2.07. The summed E-state index contributed by atoms with van der Waals surface area (Å²) in [4.78, 5) is 4.41. The average Bonchev–Trinajstić information content (AvgIpc) is 3.10. The molecule has 0 unspecified atom stereocenters. The Balaban J connectivity index is 1.72. The lowest BCUT2D eigenvalue weighted by Crippen LogP contribution is -2.01. The molecule has 4 nitrogen and oxygen atoms in total. The van der Waals surface area contributed by atoms with Crippen LogP contribution in [-0.2, 0) is 0 Å². The molecule has 0 saturated heterocycles. The largest absolute Gasteiger partial charge is 0.488 e. The lowest BCUT2D eigenvalue weighted by atomic mass is 10.2. The maximum absolute atomic E-state index is 14.2. The van der Waals surface area contributed by atoms with Crippen LogP contribution < -0.4 is 10.2 Å². The number of rotatable bonds is 6. The number of nitrogens with zero attached hydrogens (tertiary/aromatic N) is 2. The highest BCUT2D eigenvalue weighted by Gasteiger charge is 2.13. The van der Waals surface area contributed by atoms with Crippen LogP contribution in [0.1, 0.15) is 12.5 Å². The topological polar surface area (TPSA) is 46.5 Å². The molecule has 25 heavy (non-hydrogen) atoms. The van der Waals surface area contributed by atoms with Crippen LogP contribution in [0.3, 0.4) is 0 Å². The smallest absolute Gasteiger partial charge is 0.203 e. The van der Waals surface area contributed by atoms with Crippen molar-refractivity contribution in [1.29, 1.82) is 0 Å². The standard InChI is InChI=1S/C18H15F2N3OS/c1-2-24-17-14(19)9-8-13(16(17)20)10-21-23-18-22-15(11-25-18)12-6-4-3-5-7-12/h3-11H,2H2,1H3,(H,22,23). The molecular formula is C18H15F2N3OS. The average molecular weight is 359 g/mol. The summed E-state index contributed by atoms with van der Waals surface area (Å²) in [6, 6.07) is 12.2. The Morgan fingerprint density at radius 1 is 1.20 bits per heavy atom. The van der Waals surface area contributed by atoms with E-state index in [9.17, 15) is 8.78 Å². The summed E-state index contributed by atoms with van der Waals surface area (Å²) >= 11 is 1.38. The Hall–Kier alpha value is -2.80. The van der Waals surface area contributed by atoms with Crippen LogP contribution in [0.15, 0.2) is 52.9 Å². The zero-order valence-corrected chi connectivity index (χ0v) is 14.2. The van der Waals surface area contributed by atoms with E-state index in [1.54, 1.807) is 6.92 Å². The van der Waals surface area contributed by atoms with Gasteiger partial charge in [-0.1, -0.05) is 30.3 Å². The van der Waals surface area contributed by atoms with Crippen molar-refractivity contribution >= 4 is 22.7 Å². The number of aromatic nitrogens is 1. The zero-order valence-electron chi connectivity index (χ0n) is 13.4. The number of thiazole rings is 1. The minimum Gasteiger partial charge on any atom is -0.488 e. The molecule has 3 rings (SSSR count). The number of ether oxygens (including phenoxy) is 1. The molecule has 0 fully saturated rings. The van der Waals surface area contributed by atoms with E-state index >= 15 is 0 Å². The van der Waals surface area contributed by atoms with Gasteiger partial charge in [0.05, 0.1) is 18.5 Å². The Morgan fingerprint density at radius 2 is 2.00 bits per heavy atom. The van der Waals surface area contributed by atoms with E-state index in [0.717, 1.165) is 17.3 Å². The number of hydrogen-bond acceptors (Lipinski definition) is 5. The van der Waals surface area contributed by atoms with Gasteiger partial charge < -0.3 is 4.74 Å². The maximum atomic E-state index is 14.2. The third-order valence-electron chi connectivity index (χ3n) is 3.31. The van der Waals surface area contributed by atoms with Crippen molar-refractivity contribution in [2.24, 2.45) is 5.10 Å². The maximum Gasteiger partial charge on any atom is 0.203 e. The van der Waals surface area contributed by atoms with Gasteiger partial charge in [0.1, 0.15) is 0 Å². The van der Waals surface area contributed by atoms with Gasteiger partial charge >= 0.3 is 0 Å². The highest BCUT2D eigenvalue weighted by Crippen LogP contribution is 2.25. The number of hydrazone groups is 1. The Labute approximate surface area is 147 Å². The van der Waals surface area contributed by atoms with Crippen molar-refractivity contribution in [3.05, 3.63) is 65.0 Å². The fourth-order valence-electron chi connectivity index (χ4n) is 2.15. The van der Waals surface area contributed by atoms with Crippen molar-refractivity contribution < 1.29 is 13.5 Å². The Kier molecular flexibility index (Phi) is 5.35. The quantitative estimate of drug-likeness (QED) is 0.501. The van der Waals surface area contributed by atoms with E-state index in [0.29, 0.717) is 5.13 Å². The normalized spacial score (nSPS) is 11.0. The summed E-state index contributed by atoms with van der Waals surface area (Å²) in [6.45, 7) is 1.84. The van der Waals surface area contributed by atoms with Gasteiger partial charge in [-0.25, -0.2) is 13.8 Å². The van der Waals surface area contributed by atoms with Gasteiger partial charge in [-0.05, 0) is 19.1 Å². The van der Waals surface area contributed by atoms with Gasteiger partial charge in [0.2, 0.25) is 5.13 Å². The number of anilines is 1. The number of nitrogens with one attached hydrogen (secondary N) is 1. The molecule has 0 aliphatic heterocycles. The summed E-state index contributed by atoms with van der Waals surface area (Å²) in [7, 11) is 0. The Bertz CT molecular complexity index is 881. The van der Waals surface area contributed by atoms with E-state index in [1.807, 2.05) is 35.7 Å². The van der Waals surface area contributed by atoms with Crippen molar-refractivity contribution in [1.82, 2.24) is 4.98 Å². The first kappa shape index (κ1) is 17.0. The number of hydrogen-bond donors (Lipinski definition) is 1. The van der Waals surface area contributed by atoms with Gasteiger partial charge in [-0.15, -0.1) is 11.3 Å². The van der Waals surface area contributed by atoms with E-state index in [2.05, 4.69) is 15.5 Å². The van der Waals surface area contributed by atoms with Gasteiger partial charge in [0, 0.05) is 16.5 Å². The van der Waals surface area contributed by atoms with Crippen LogP contribution >= 0.6 is 11.3 Å². The molecule has 0 amide bonds. The van der Waals surface area contributed by atoms with E-state index in [-0.39, 0.29) is 12.2 Å². The lowest BCUT2D eigenvalue weighted by molar-refractivity contribution is 0.302. The fourth-order valence-corrected chi connectivity index (χ4v) is 2.82. The second kappa shape index (κ2) is 7.85. The highest BCUT2D eigenvalue weighted by atomic mass is 32.1. The summed E-state index contributed by atoms with van der Waals surface area (Å²) in [5, 5.41) is 6.44. The molecule has 2 aromatic carbocycles. The van der Waals surface area contributed by atoms with Crippen LogP contribution in [0.25, 0.3) is 11.3 Å². The molecular weight excluding hydrogens is 344 g/mol. The van der Waals surface area contributed by atoms with Crippen LogP contribution in [-0.4, -0.2) is 17.8 Å². The summed E-state index contributed by atoms with van der Waals surface area (Å²) in [5.74, 6) is -1.92. The van der Waals surface area contributed by atoms with Crippen LogP contribution in [0, 0.1) is 11.6 Å². The minimum absolute atomic E-state index is 0.122. The molecule has 0 radical (unpaired) electrons. The molecule has 1 heterocycles. The predicted octanol–water partition coefficient (Wildman–Crippen LogP) is 4.93. The van der Waals surface area contributed by atoms with Gasteiger partial charge in [-0.2, -0.15) is 5.10 Å². The van der Waals surface area contributed by atoms with Crippen molar-refractivity contribution in [2.75, 3.05) is 12.0 Å². The number of halogens is 2. The third-order valence-corrected chi connectivity index (χ3v) is 4.05. The first-order chi connectivity index (χ1) is 12.2. The van der Waals surface area contributed by atoms with E-state index in [4.69, 9.17) is 4.74 Å². The molecule has 128 valence electrons. The van der Waals surface area contributed by atoms with Crippen molar-refractivity contribution in [3.8, 4) is 17.0 Å².